The summed E-state index contributed by atoms with van der Waals surface area (Å²) in [6, 6.07) is 0. The molecule has 0 amide bonds. The van der Waals surface area contributed by atoms with Gasteiger partial charge in [0.25, 0.3) is 0 Å². The molecule has 1 saturated carbocycles. The first-order valence-corrected chi connectivity index (χ1v) is 10.4. The summed E-state index contributed by atoms with van der Waals surface area (Å²) in [5, 5.41) is 2.80. The second-order valence-corrected chi connectivity index (χ2v) is 7.92. The van der Waals surface area contributed by atoms with E-state index in [9.17, 15) is 9.18 Å². The van der Waals surface area contributed by atoms with Crippen LogP contribution in [0.5, 0.6) is 0 Å². The number of imidazole rings is 1. The maximum atomic E-state index is 13.9. The topological polar surface area (TPSA) is 100 Å². The standard InChI is InChI=1S/C21H26FN5O4/c1-4-21(11-30-19(28)13-8-6-5-7-9-13)14(29-3)10-15(31-21)27-12-24-16-17(23-2)25-20(22)26-18(16)27/h1,12-15H,5-11H2,2-3H3,(H,23,25,26)/t14-,15+,21+/m0/s1. The van der Waals surface area contributed by atoms with E-state index >= 15 is 0 Å². The summed E-state index contributed by atoms with van der Waals surface area (Å²) in [6.45, 7) is -0.119. The molecule has 1 aliphatic heterocycles. The predicted octanol–water partition coefficient (Wildman–Crippen LogP) is 2.44. The Labute approximate surface area is 179 Å². The lowest BCUT2D eigenvalue weighted by Gasteiger charge is -2.29. The molecule has 1 N–H and O–H groups in total. The first-order chi connectivity index (χ1) is 15.0. The average Bonchev–Trinajstić information content (AvgIpc) is 3.39. The number of ether oxygens (including phenoxy) is 3. The number of terminal acetylenes is 1. The zero-order chi connectivity index (χ0) is 22.0. The highest BCUT2D eigenvalue weighted by atomic mass is 19.1. The van der Waals surface area contributed by atoms with Crippen LogP contribution in [0.2, 0.25) is 0 Å². The summed E-state index contributed by atoms with van der Waals surface area (Å²) < 4.78 is 32.9. The molecule has 0 unspecified atom stereocenters. The molecule has 2 fully saturated rings. The molecule has 2 aromatic rings. The molecule has 0 radical (unpaired) electrons. The first kappa shape index (κ1) is 21.5. The molecule has 2 aromatic heterocycles. The number of carbonyl (C=O) groups excluding carboxylic acids is 1. The smallest absolute Gasteiger partial charge is 0.312 e. The number of nitrogens with one attached hydrogen (secondary N) is 1. The lowest BCUT2D eigenvalue weighted by atomic mass is 9.89. The van der Waals surface area contributed by atoms with Crippen molar-refractivity contribution in [1.29, 1.82) is 0 Å². The number of hydrogen-bond acceptors (Lipinski definition) is 8. The number of halogens is 1. The van der Waals surface area contributed by atoms with Gasteiger partial charge in [-0.25, -0.2) is 4.98 Å². The minimum Gasteiger partial charge on any atom is -0.461 e. The summed E-state index contributed by atoms with van der Waals surface area (Å²) in [6.07, 6.45) is 10.5. The quantitative estimate of drug-likeness (QED) is 0.423. The predicted molar refractivity (Wildman–Crippen MR) is 109 cm³/mol. The number of esters is 1. The SMILES string of the molecule is C#C[C@]1(COC(=O)C2CCCCC2)O[C@@H](n2cnc3c(NC)nc(F)nc32)C[C@@H]1OC. The number of nitrogens with zero attached hydrogens (tertiary/aromatic N) is 4. The van der Waals surface area contributed by atoms with Crippen molar-refractivity contribution in [2.75, 3.05) is 26.1 Å². The molecule has 31 heavy (non-hydrogen) atoms. The molecule has 0 bridgehead atoms. The van der Waals surface area contributed by atoms with E-state index in [4.69, 9.17) is 20.6 Å². The second-order valence-electron chi connectivity index (χ2n) is 7.92. The van der Waals surface area contributed by atoms with Crippen LogP contribution in [0.25, 0.3) is 11.2 Å². The van der Waals surface area contributed by atoms with Crippen LogP contribution in [0.15, 0.2) is 6.33 Å². The Hall–Kier alpha value is -2.77. The number of aromatic nitrogens is 4. The van der Waals surface area contributed by atoms with Gasteiger partial charge in [0.2, 0.25) is 0 Å². The Balaban J connectivity index is 1.56. The molecular formula is C21H26FN5O4. The monoisotopic (exact) mass is 431 g/mol. The molecule has 0 spiro atoms. The van der Waals surface area contributed by atoms with E-state index < -0.39 is 24.0 Å². The molecule has 0 aromatic carbocycles. The average molecular weight is 431 g/mol. The zero-order valence-electron chi connectivity index (χ0n) is 17.6. The van der Waals surface area contributed by atoms with E-state index in [1.165, 1.54) is 13.4 Å². The molecule has 10 heteroatoms. The van der Waals surface area contributed by atoms with Crippen LogP contribution in [0, 0.1) is 24.3 Å². The molecular weight excluding hydrogens is 405 g/mol. The Bertz CT molecular complexity index is 1000. The van der Waals surface area contributed by atoms with Crippen LogP contribution < -0.4 is 5.32 Å². The van der Waals surface area contributed by atoms with E-state index in [-0.39, 0.29) is 30.0 Å². The van der Waals surface area contributed by atoms with Gasteiger partial charge < -0.3 is 19.5 Å². The van der Waals surface area contributed by atoms with Crippen LogP contribution in [-0.4, -0.2) is 58.0 Å². The molecule has 3 atom stereocenters. The highest BCUT2D eigenvalue weighted by Gasteiger charge is 2.50. The Morgan fingerprint density at radius 1 is 1.42 bits per heavy atom. The van der Waals surface area contributed by atoms with Crippen molar-refractivity contribution in [2.24, 2.45) is 5.92 Å². The number of fused-ring (bicyclic) bond motifs is 1. The van der Waals surface area contributed by atoms with Gasteiger partial charge in [-0.15, -0.1) is 6.42 Å². The number of rotatable bonds is 6. The van der Waals surface area contributed by atoms with E-state index in [0.717, 1.165) is 32.1 Å². The Kier molecular flexibility index (Phi) is 6.07. The van der Waals surface area contributed by atoms with Crippen LogP contribution >= 0.6 is 0 Å². The minimum atomic E-state index is -1.27. The van der Waals surface area contributed by atoms with Crippen LogP contribution in [0.3, 0.4) is 0 Å². The largest absolute Gasteiger partial charge is 0.461 e. The first-order valence-electron chi connectivity index (χ1n) is 10.4. The van der Waals surface area contributed by atoms with Crippen LogP contribution in [0.1, 0.15) is 44.8 Å². The van der Waals surface area contributed by atoms with Gasteiger partial charge in [0, 0.05) is 20.6 Å². The lowest BCUT2D eigenvalue weighted by Crippen LogP contribution is -2.44. The Morgan fingerprint density at radius 2 is 2.19 bits per heavy atom. The van der Waals surface area contributed by atoms with Gasteiger partial charge in [0.05, 0.1) is 12.2 Å². The van der Waals surface area contributed by atoms with Gasteiger partial charge in [-0.1, -0.05) is 25.2 Å². The van der Waals surface area contributed by atoms with E-state index in [1.54, 1.807) is 11.6 Å². The van der Waals surface area contributed by atoms with Crippen molar-refractivity contribution < 1.29 is 23.4 Å². The third kappa shape index (κ3) is 3.95. The molecule has 3 heterocycles. The van der Waals surface area contributed by atoms with Gasteiger partial charge in [0.1, 0.15) is 18.9 Å². The second kappa shape index (κ2) is 8.77. The summed E-state index contributed by atoms with van der Waals surface area (Å²) in [5.41, 5.74) is -0.593. The van der Waals surface area contributed by atoms with Crippen molar-refractivity contribution in [3.8, 4) is 12.3 Å². The van der Waals surface area contributed by atoms with Crippen LogP contribution in [-0.2, 0) is 19.0 Å². The van der Waals surface area contributed by atoms with Gasteiger partial charge >= 0.3 is 12.0 Å². The fraction of sp³-hybridized carbons (Fsp3) is 0.619. The number of hydrogen-bond donors (Lipinski definition) is 1. The van der Waals surface area contributed by atoms with Gasteiger partial charge in [-0.05, 0) is 12.8 Å². The fourth-order valence-electron chi connectivity index (χ4n) is 4.40. The normalized spacial score (nSPS) is 26.6. The molecule has 2 aliphatic rings. The number of carbonyl (C=O) groups is 1. The highest BCUT2D eigenvalue weighted by Crippen LogP contribution is 2.40. The maximum absolute atomic E-state index is 13.9. The molecule has 166 valence electrons. The summed E-state index contributed by atoms with van der Waals surface area (Å²) in [4.78, 5) is 24.4. The summed E-state index contributed by atoms with van der Waals surface area (Å²) in [5.74, 6) is 2.55. The fourth-order valence-corrected chi connectivity index (χ4v) is 4.40. The molecule has 9 nitrogen and oxygen atoms in total. The third-order valence-corrected chi connectivity index (χ3v) is 6.12. The van der Waals surface area contributed by atoms with Crippen molar-refractivity contribution in [2.45, 2.75) is 56.5 Å². The minimum absolute atomic E-state index is 0.0981. The van der Waals surface area contributed by atoms with Gasteiger partial charge in [0.15, 0.2) is 22.6 Å². The molecule has 4 rings (SSSR count). The van der Waals surface area contributed by atoms with E-state index in [1.807, 2.05) is 0 Å². The molecule has 1 saturated heterocycles. The summed E-state index contributed by atoms with van der Waals surface area (Å²) in [7, 11) is 3.15. The van der Waals surface area contributed by atoms with Crippen molar-refractivity contribution in [1.82, 2.24) is 19.5 Å². The number of methoxy groups -OCH3 is 1. The highest BCUT2D eigenvalue weighted by molar-refractivity contribution is 5.82. The van der Waals surface area contributed by atoms with Crippen molar-refractivity contribution in [3.05, 3.63) is 12.4 Å². The third-order valence-electron chi connectivity index (χ3n) is 6.12. The van der Waals surface area contributed by atoms with Gasteiger partial charge in [-0.2, -0.15) is 14.4 Å². The van der Waals surface area contributed by atoms with Crippen molar-refractivity contribution >= 4 is 23.0 Å². The molecule has 1 aliphatic carbocycles. The van der Waals surface area contributed by atoms with Gasteiger partial charge in [-0.3, -0.25) is 9.36 Å². The summed E-state index contributed by atoms with van der Waals surface area (Å²) >= 11 is 0. The van der Waals surface area contributed by atoms with Crippen molar-refractivity contribution in [3.63, 3.8) is 0 Å². The maximum Gasteiger partial charge on any atom is 0.312 e. The number of anilines is 1. The van der Waals surface area contributed by atoms with E-state index in [0.29, 0.717) is 11.9 Å². The van der Waals surface area contributed by atoms with Crippen LogP contribution in [0.4, 0.5) is 10.2 Å². The van der Waals surface area contributed by atoms with E-state index in [2.05, 4.69) is 26.2 Å². The zero-order valence-corrected chi connectivity index (χ0v) is 17.6. The Morgan fingerprint density at radius 3 is 2.87 bits per heavy atom. The lowest BCUT2D eigenvalue weighted by molar-refractivity contribution is -0.162.